The van der Waals surface area contributed by atoms with Crippen LogP contribution in [0.25, 0.3) is 0 Å². The molecule has 0 aliphatic heterocycles. The SMILES string of the molecule is CC(C)(Oc1ccc(NC(=O)N(Cl)c2ccccc2)cc1)C(=O)O. The molecule has 24 heavy (non-hydrogen) atoms. The van der Waals surface area contributed by atoms with Crippen LogP contribution >= 0.6 is 11.8 Å². The molecule has 0 heterocycles. The van der Waals surface area contributed by atoms with Crippen LogP contribution in [0.5, 0.6) is 5.75 Å². The van der Waals surface area contributed by atoms with Crippen LogP contribution in [0, 0.1) is 0 Å². The molecule has 0 saturated carbocycles. The van der Waals surface area contributed by atoms with Crippen molar-refractivity contribution in [2.24, 2.45) is 0 Å². The van der Waals surface area contributed by atoms with Gasteiger partial charge in [0.05, 0.1) is 5.69 Å². The van der Waals surface area contributed by atoms with Gasteiger partial charge in [-0.3, -0.25) is 0 Å². The first-order chi connectivity index (χ1) is 11.3. The zero-order valence-electron chi connectivity index (χ0n) is 13.2. The van der Waals surface area contributed by atoms with E-state index in [9.17, 15) is 9.59 Å². The molecular weight excluding hydrogens is 332 g/mol. The molecule has 6 nitrogen and oxygen atoms in total. The van der Waals surface area contributed by atoms with E-state index in [4.69, 9.17) is 21.6 Å². The van der Waals surface area contributed by atoms with Gasteiger partial charge < -0.3 is 15.2 Å². The number of halogens is 1. The minimum Gasteiger partial charge on any atom is -0.478 e. The Morgan fingerprint density at radius 3 is 2.21 bits per heavy atom. The first-order valence-electron chi connectivity index (χ1n) is 7.14. The summed E-state index contributed by atoms with van der Waals surface area (Å²) in [5.41, 5.74) is -0.299. The van der Waals surface area contributed by atoms with Gasteiger partial charge in [-0.2, -0.15) is 0 Å². The Morgan fingerprint density at radius 2 is 1.67 bits per heavy atom. The molecule has 2 N–H and O–H groups in total. The molecule has 2 aromatic rings. The number of nitrogens with zero attached hydrogens (tertiary/aromatic N) is 1. The van der Waals surface area contributed by atoms with Gasteiger partial charge in [-0.25, -0.2) is 14.0 Å². The number of carboxylic acids is 1. The normalized spacial score (nSPS) is 10.8. The van der Waals surface area contributed by atoms with Gasteiger partial charge in [0, 0.05) is 17.5 Å². The van der Waals surface area contributed by atoms with Gasteiger partial charge in [-0.1, -0.05) is 18.2 Å². The number of amides is 2. The molecule has 0 fully saturated rings. The molecule has 2 amide bonds. The van der Waals surface area contributed by atoms with Gasteiger partial charge in [0.1, 0.15) is 5.75 Å². The van der Waals surface area contributed by atoms with Crippen LogP contribution in [0.4, 0.5) is 16.2 Å². The number of carbonyl (C=O) groups is 2. The van der Waals surface area contributed by atoms with E-state index in [0.29, 0.717) is 17.1 Å². The molecule has 2 aromatic carbocycles. The number of ether oxygens (including phenoxy) is 1. The summed E-state index contributed by atoms with van der Waals surface area (Å²) in [5.74, 6) is -0.688. The fourth-order valence-electron chi connectivity index (χ4n) is 1.79. The fourth-order valence-corrected chi connectivity index (χ4v) is 1.95. The topological polar surface area (TPSA) is 78.9 Å². The highest BCUT2D eigenvalue weighted by molar-refractivity contribution is 6.38. The second-order valence-electron chi connectivity index (χ2n) is 5.49. The standard InChI is InChI=1S/C17H17ClN2O4/c1-17(2,15(21)22)24-14-10-8-12(9-11-14)19-16(23)20(18)13-6-4-3-5-7-13/h3-11H,1-2H3,(H,19,23)(H,21,22). The number of para-hydroxylation sites is 1. The Labute approximate surface area is 144 Å². The van der Waals surface area contributed by atoms with E-state index in [2.05, 4.69) is 5.32 Å². The van der Waals surface area contributed by atoms with E-state index < -0.39 is 17.6 Å². The summed E-state index contributed by atoms with van der Waals surface area (Å²) >= 11 is 5.99. The van der Waals surface area contributed by atoms with Crippen molar-refractivity contribution in [2.45, 2.75) is 19.4 Å². The summed E-state index contributed by atoms with van der Waals surface area (Å²) in [6.07, 6.45) is 0. The van der Waals surface area contributed by atoms with E-state index in [-0.39, 0.29) is 0 Å². The van der Waals surface area contributed by atoms with Crippen LogP contribution in [-0.2, 0) is 4.79 Å². The summed E-state index contributed by atoms with van der Waals surface area (Å²) in [7, 11) is 0. The molecule has 0 aromatic heterocycles. The van der Waals surface area contributed by atoms with Crippen LogP contribution in [-0.4, -0.2) is 22.7 Å². The van der Waals surface area contributed by atoms with Gasteiger partial charge in [-0.05, 0) is 50.2 Å². The quantitative estimate of drug-likeness (QED) is 0.796. The molecule has 2 rings (SSSR count). The third-order valence-electron chi connectivity index (χ3n) is 3.15. The number of hydrogen-bond donors (Lipinski definition) is 2. The number of carboxylic acid groups (broad SMARTS) is 1. The minimum atomic E-state index is -1.34. The van der Waals surface area contributed by atoms with Crippen molar-refractivity contribution in [3.63, 3.8) is 0 Å². The summed E-state index contributed by atoms with van der Waals surface area (Å²) in [6, 6.07) is 14.6. The molecule has 126 valence electrons. The molecule has 0 spiro atoms. The summed E-state index contributed by atoms with van der Waals surface area (Å²) in [4.78, 5) is 23.1. The van der Waals surface area contributed by atoms with E-state index in [0.717, 1.165) is 4.42 Å². The van der Waals surface area contributed by atoms with Crippen molar-refractivity contribution in [3.05, 3.63) is 54.6 Å². The number of urea groups is 1. The van der Waals surface area contributed by atoms with Crippen LogP contribution < -0.4 is 14.5 Å². The number of anilines is 2. The Hall–Kier alpha value is -2.73. The summed E-state index contributed by atoms with van der Waals surface area (Å²) in [5, 5.41) is 11.7. The smallest absolute Gasteiger partial charge is 0.347 e. The zero-order chi connectivity index (χ0) is 17.7. The largest absolute Gasteiger partial charge is 0.478 e. The molecule has 0 aliphatic rings. The van der Waals surface area contributed by atoms with Gasteiger partial charge >= 0.3 is 12.0 Å². The van der Waals surface area contributed by atoms with Crippen LogP contribution in [0.3, 0.4) is 0 Å². The predicted molar refractivity (Wildman–Crippen MR) is 92.6 cm³/mol. The number of rotatable bonds is 5. The maximum absolute atomic E-state index is 12.1. The maximum Gasteiger partial charge on any atom is 0.347 e. The van der Waals surface area contributed by atoms with Gasteiger partial charge in [0.2, 0.25) is 0 Å². The number of nitrogens with one attached hydrogen (secondary N) is 1. The maximum atomic E-state index is 12.1. The van der Waals surface area contributed by atoms with Gasteiger partial charge in [0.15, 0.2) is 5.60 Å². The lowest BCUT2D eigenvalue weighted by Gasteiger charge is -2.21. The second kappa shape index (κ2) is 7.23. The van der Waals surface area contributed by atoms with Crippen molar-refractivity contribution < 1.29 is 19.4 Å². The lowest BCUT2D eigenvalue weighted by molar-refractivity contribution is -0.152. The van der Waals surface area contributed by atoms with Crippen molar-refractivity contribution in [1.29, 1.82) is 0 Å². The Balaban J connectivity index is 2.01. The van der Waals surface area contributed by atoms with Gasteiger partial charge in [-0.15, -0.1) is 0 Å². The fraction of sp³-hybridized carbons (Fsp3) is 0.176. The van der Waals surface area contributed by atoms with Gasteiger partial charge in [0.25, 0.3) is 0 Å². The van der Waals surface area contributed by atoms with Crippen molar-refractivity contribution >= 4 is 35.2 Å². The average Bonchev–Trinajstić information content (AvgIpc) is 2.56. The zero-order valence-corrected chi connectivity index (χ0v) is 13.9. The highest BCUT2D eigenvalue weighted by Gasteiger charge is 2.29. The summed E-state index contributed by atoms with van der Waals surface area (Å²) < 4.78 is 6.36. The Morgan fingerprint density at radius 1 is 1.08 bits per heavy atom. The second-order valence-corrected chi connectivity index (χ2v) is 5.83. The third kappa shape index (κ3) is 4.39. The molecular formula is C17H17ClN2O4. The molecule has 0 radical (unpaired) electrons. The van der Waals surface area contributed by atoms with Crippen LogP contribution in [0.1, 0.15) is 13.8 Å². The Bertz CT molecular complexity index is 717. The lowest BCUT2D eigenvalue weighted by Crippen LogP contribution is -2.37. The predicted octanol–water partition coefficient (Wildman–Crippen LogP) is 4.12. The molecule has 0 atom stereocenters. The molecule has 0 bridgehead atoms. The first-order valence-corrected chi connectivity index (χ1v) is 7.48. The molecule has 0 aliphatic carbocycles. The minimum absolute atomic E-state index is 0.381. The lowest BCUT2D eigenvalue weighted by atomic mass is 10.1. The van der Waals surface area contributed by atoms with Crippen molar-refractivity contribution in [2.75, 3.05) is 9.74 Å². The van der Waals surface area contributed by atoms with E-state index >= 15 is 0 Å². The first kappa shape index (κ1) is 17.6. The highest BCUT2D eigenvalue weighted by Crippen LogP contribution is 2.22. The number of hydrogen-bond acceptors (Lipinski definition) is 3. The molecule has 7 heteroatoms. The van der Waals surface area contributed by atoms with Crippen LogP contribution in [0.15, 0.2) is 54.6 Å². The van der Waals surface area contributed by atoms with Crippen LogP contribution in [0.2, 0.25) is 0 Å². The summed E-state index contributed by atoms with van der Waals surface area (Å²) in [6.45, 7) is 2.91. The number of aliphatic carboxylic acids is 1. The average molecular weight is 349 g/mol. The number of benzene rings is 2. The van der Waals surface area contributed by atoms with E-state index in [1.54, 1.807) is 48.5 Å². The third-order valence-corrected chi connectivity index (χ3v) is 3.50. The highest BCUT2D eigenvalue weighted by atomic mass is 35.5. The van der Waals surface area contributed by atoms with E-state index in [1.807, 2.05) is 6.07 Å². The number of carbonyl (C=O) groups excluding carboxylic acids is 1. The monoisotopic (exact) mass is 348 g/mol. The molecule has 0 unspecified atom stereocenters. The van der Waals surface area contributed by atoms with Crippen molar-refractivity contribution in [1.82, 2.24) is 0 Å². The Kier molecular flexibility index (Phi) is 5.31. The molecule has 0 saturated heterocycles. The van der Waals surface area contributed by atoms with Crippen molar-refractivity contribution in [3.8, 4) is 5.75 Å². The van der Waals surface area contributed by atoms with E-state index in [1.165, 1.54) is 13.8 Å².